The molecule has 0 atom stereocenters. The number of aliphatic hydroxyl groups excluding tert-OH is 2. The standard InChI is InChI=1S/C11H19N3O2/c1-9(2)14(4-3-5-15)11-12-6-10(8-16)7-13-11/h6-7,9,15-16H,3-5,8H2,1-2H3. The maximum Gasteiger partial charge on any atom is 0.225 e. The van der Waals surface area contributed by atoms with E-state index in [0.717, 1.165) is 6.54 Å². The highest BCUT2D eigenvalue weighted by molar-refractivity contribution is 5.30. The van der Waals surface area contributed by atoms with E-state index in [1.807, 2.05) is 4.90 Å². The predicted octanol–water partition coefficient (Wildman–Crippen LogP) is 0.566. The van der Waals surface area contributed by atoms with Crippen LogP contribution < -0.4 is 4.90 Å². The first-order chi connectivity index (χ1) is 7.69. The van der Waals surface area contributed by atoms with Crippen LogP contribution >= 0.6 is 0 Å². The van der Waals surface area contributed by atoms with E-state index in [1.165, 1.54) is 0 Å². The third-order valence-electron chi connectivity index (χ3n) is 2.31. The fourth-order valence-corrected chi connectivity index (χ4v) is 1.41. The van der Waals surface area contributed by atoms with Crippen molar-refractivity contribution >= 4 is 5.95 Å². The molecule has 0 aliphatic heterocycles. The Bertz CT molecular complexity index is 301. The molecule has 0 spiro atoms. The summed E-state index contributed by atoms with van der Waals surface area (Å²) in [6.07, 6.45) is 3.94. The lowest BCUT2D eigenvalue weighted by Gasteiger charge is -2.26. The van der Waals surface area contributed by atoms with E-state index in [1.54, 1.807) is 12.4 Å². The van der Waals surface area contributed by atoms with Gasteiger partial charge in [0.1, 0.15) is 0 Å². The fraction of sp³-hybridized carbons (Fsp3) is 0.636. The zero-order valence-electron chi connectivity index (χ0n) is 9.80. The van der Waals surface area contributed by atoms with Crippen LogP contribution in [0.4, 0.5) is 5.95 Å². The largest absolute Gasteiger partial charge is 0.396 e. The van der Waals surface area contributed by atoms with Gasteiger partial charge in [-0.2, -0.15) is 0 Å². The molecule has 0 aliphatic carbocycles. The van der Waals surface area contributed by atoms with Gasteiger partial charge in [0.05, 0.1) is 6.61 Å². The van der Waals surface area contributed by atoms with Crippen LogP contribution in [0.5, 0.6) is 0 Å². The van der Waals surface area contributed by atoms with Crippen molar-refractivity contribution in [3.05, 3.63) is 18.0 Å². The second-order valence-electron chi connectivity index (χ2n) is 3.91. The Kier molecular flexibility index (Phi) is 5.14. The van der Waals surface area contributed by atoms with Crippen molar-refractivity contribution in [1.82, 2.24) is 9.97 Å². The van der Waals surface area contributed by atoms with E-state index in [2.05, 4.69) is 23.8 Å². The first-order valence-corrected chi connectivity index (χ1v) is 5.48. The molecule has 1 aromatic rings. The van der Waals surface area contributed by atoms with Crippen LogP contribution in [-0.2, 0) is 6.61 Å². The lowest BCUT2D eigenvalue weighted by Crippen LogP contribution is -2.33. The quantitative estimate of drug-likeness (QED) is 0.740. The molecule has 90 valence electrons. The van der Waals surface area contributed by atoms with Crippen molar-refractivity contribution in [2.45, 2.75) is 32.9 Å². The monoisotopic (exact) mass is 225 g/mol. The highest BCUT2D eigenvalue weighted by Crippen LogP contribution is 2.11. The average molecular weight is 225 g/mol. The van der Waals surface area contributed by atoms with Crippen LogP contribution in [0.1, 0.15) is 25.8 Å². The third-order valence-corrected chi connectivity index (χ3v) is 2.31. The number of nitrogens with zero attached hydrogens (tertiary/aromatic N) is 3. The molecule has 16 heavy (non-hydrogen) atoms. The Morgan fingerprint density at radius 1 is 1.25 bits per heavy atom. The van der Waals surface area contributed by atoms with Gasteiger partial charge in [-0.05, 0) is 20.3 Å². The number of hydrogen-bond acceptors (Lipinski definition) is 5. The van der Waals surface area contributed by atoms with Crippen molar-refractivity contribution < 1.29 is 10.2 Å². The van der Waals surface area contributed by atoms with Gasteiger partial charge in [0.25, 0.3) is 0 Å². The number of aromatic nitrogens is 2. The van der Waals surface area contributed by atoms with Crippen molar-refractivity contribution in [3.8, 4) is 0 Å². The van der Waals surface area contributed by atoms with Gasteiger partial charge in [-0.15, -0.1) is 0 Å². The normalized spacial score (nSPS) is 10.8. The molecule has 5 nitrogen and oxygen atoms in total. The van der Waals surface area contributed by atoms with Crippen molar-refractivity contribution in [3.63, 3.8) is 0 Å². The molecular formula is C11H19N3O2. The molecule has 0 amide bonds. The van der Waals surface area contributed by atoms with Gasteiger partial charge < -0.3 is 15.1 Å². The van der Waals surface area contributed by atoms with Gasteiger partial charge in [0.15, 0.2) is 0 Å². The zero-order chi connectivity index (χ0) is 12.0. The van der Waals surface area contributed by atoms with E-state index in [0.29, 0.717) is 17.9 Å². The molecule has 0 saturated carbocycles. The summed E-state index contributed by atoms with van der Waals surface area (Å²) in [6, 6.07) is 0.284. The Balaban J connectivity index is 2.75. The first kappa shape index (κ1) is 12.9. The topological polar surface area (TPSA) is 69.5 Å². The summed E-state index contributed by atoms with van der Waals surface area (Å²) in [5.41, 5.74) is 0.703. The van der Waals surface area contributed by atoms with E-state index in [9.17, 15) is 0 Å². The molecule has 5 heteroatoms. The summed E-state index contributed by atoms with van der Waals surface area (Å²) >= 11 is 0. The third kappa shape index (κ3) is 3.43. The van der Waals surface area contributed by atoms with Gasteiger partial charge >= 0.3 is 0 Å². The molecule has 0 saturated heterocycles. The van der Waals surface area contributed by atoms with Crippen molar-refractivity contribution in [2.75, 3.05) is 18.1 Å². The lowest BCUT2D eigenvalue weighted by molar-refractivity contribution is 0.281. The highest BCUT2D eigenvalue weighted by Gasteiger charge is 2.12. The lowest BCUT2D eigenvalue weighted by atomic mass is 10.3. The van der Waals surface area contributed by atoms with Gasteiger partial charge in [-0.25, -0.2) is 9.97 Å². The summed E-state index contributed by atoms with van der Waals surface area (Å²) < 4.78 is 0. The minimum atomic E-state index is -0.0431. The molecule has 1 heterocycles. The molecule has 0 aliphatic rings. The van der Waals surface area contributed by atoms with Gasteiger partial charge in [-0.1, -0.05) is 0 Å². The maximum atomic E-state index is 8.89. The molecule has 1 aromatic heterocycles. The summed E-state index contributed by atoms with van der Waals surface area (Å²) in [7, 11) is 0. The number of aliphatic hydroxyl groups is 2. The van der Waals surface area contributed by atoms with E-state index < -0.39 is 0 Å². The number of hydrogen-bond donors (Lipinski definition) is 2. The van der Waals surface area contributed by atoms with Crippen LogP contribution in [0.2, 0.25) is 0 Å². The number of rotatable bonds is 6. The van der Waals surface area contributed by atoms with E-state index in [-0.39, 0.29) is 19.3 Å². The second kappa shape index (κ2) is 6.40. The van der Waals surface area contributed by atoms with Crippen molar-refractivity contribution in [1.29, 1.82) is 0 Å². The second-order valence-corrected chi connectivity index (χ2v) is 3.91. The minimum Gasteiger partial charge on any atom is -0.396 e. The van der Waals surface area contributed by atoms with Crippen LogP contribution in [-0.4, -0.2) is 39.4 Å². The average Bonchev–Trinajstić information content (AvgIpc) is 2.30. The summed E-state index contributed by atoms with van der Waals surface area (Å²) in [5, 5.41) is 17.7. The zero-order valence-corrected chi connectivity index (χ0v) is 9.80. The first-order valence-electron chi connectivity index (χ1n) is 5.48. The molecule has 0 aromatic carbocycles. The van der Waals surface area contributed by atoms with Crippen LogP contribution in [0.15, 0.2) is 12.4 Å². The summed E-state index contributed by atoms with van der Waals surface area (Å²) in [6.45, 7) is 4.96. The van der Waals surface area contributed by atoms with E-state index in [4.69, 9.17) is 10.2 Å². The SMILES string of the molecule is CC(C)N(CCCO)c1ncc(CO)cn1. The molecule has 0 radical (unpaired) electrons. The van der Waals surface area contributed by atoms with Gasteiger partial charge in [-0.3, -0.25) is 0 Å². The maximum absolute atomic E-state index is 8.89. The van der Waals surface area contributed by atoms with Crippen LogP contribution in [0.25, 0.3) is 0 Å². The number of anilines is 1. The Morgan fingerprint density at radius 3 is 2.31 bits per heavy atom. The predicted molar refractivity (Wildman–Crippen MR) is 62.1 cm³/mol. The molecular weight excluding hydrogens is 206 g/mol. The highest BCUT2D eigenvalue weighted by atomic mass is 16.3. The molecule has 0 unspecified atom stereocenters. The summed E-state index contributed by atoms with van der Waals surface area (Å²) in [5.74, 6) is 0.639. The van der Waals surface area contributed by atoms with Crippen LogP contribution in [0.3, 0.4) is 0 Å². The molecule has 2 N–H and O–H groups in total. The molecule has 0 fully saturated rings. The smallest absolute Gasteiger partial charge is 0.225 e. The minimum absolute atomic E-state index is 0.0431. The van der Waals surface area contributed by atoms with E-state index >= 15 is 0 Å². The Labute approximate surface area is 95.8 Å². The molecule has 0 bridgehead atoms. The molecule has 1 rings (SSSR count). The van der Waals surface area contributed by atoms with Crippen LogP contribution in [0, 0.1) is 0 Å². The summed E-state index contributed by atoms with van der Waals surface area (Å²) in [4.78, 5) is 10.4. The van der Waals surface area contributed by atoms with Gasteiger partial charge in [0.2, 0.25) is 5.95 Å². The Hall–Kier alpha value is -1.20. The van der Waals surface area contributed by atoms with Crippen molar-refractivity contribution in [2.24, 2.45) is 0 Å². The fourth-order valence-electron chi connectivity index (χ4n) is 1.41. The Morgan fingerprint density at radius 2 is 1.88 bits per heavy atom. The van der Waals surface area contributed by atoms with Gasteiger partial charge in [0, 0.05) is 37.2 Å².